The van der Waals surface area contributed by atoms with Crippen LogP contribution in [0.25, 0.3) is 0 Å². The molecule has 1 unspecified atom stereocenters. The molecule has 1 rings (SSSR count). The van der Waals surface area contributed by atoms with Crippen molar-refractivity contribution in [2.24, 2.45) is 5.84 Å². The first kappa shape index (κ1) is 16.3. The van der Waals surface area contributed by atoms with Crippen molar-refractivity contribution >= 4 is 34.8 Å². The van der Waals surface area contributed by atoms with Gasteiger partial charge < -0.3 is 20.7 Å². The van der Waals surface area contributed by atoms with E-state index >= 15 is 0 Å². The first-order chi connectivity index (χ1) is 8.75. The number of nitrogens with one attached hydrogen (secondary N) is 2. The first-order valence-electron chi connectivity index (χ1n) is 5.69. The molecule has 5 N–H and O–H groups in total. The Labute approximate surface area is 122 Å². The maximum atomic E-state index is 10.2. The Bertz CT molecular complexity index is 439. The number of nitrogens with two attached hydrogens (primary N) is 1. The minimum atomic E-state index is -0.912. The summed E-state index contributed by atoms with van der Waals surface area (Å²) in [4.78, 5) is 6.03. The van der Waals surface area contributed by atoms with E-state index in [9.17, 15) is 5.11 Å². The minimum Gasteiger partial charge on any atom is -0.387 e. The number of hydrazine groups is 1. The van der Waals surface area contributed by atoms with Crippen molar-refractivity contribution < 1.29 is 5.11 Å². The lowest BCUT2D eigenvalue weighted by atomic mass is 10.1. The summed E-state index contributed by atoms with van der Waals surface area (Å²) in [5.41, 5.74) is 1.47. The van der Waals surface area contributed by atoms with Gasteiger partial charge in [-0.3, -0.25) is 0 Å². The summed E-state index contributed by atoms with van der Waals surface area (Å²) < 4.78 is 0. The zero-order valence-corrected chi connectivity index (χ0v) is 12.7. The number of aromatic nitrogens is 1. The van der Waals surface area contributed by atoms with Crippen LogP contribution >= 0.6 is 23.2 Å². The number of likely N-dealkylation sites (N-methyl/N-ethyl adjacent to an activating group) is 1. The monoisotopic (exact) mass is 307 g/mol. The molecule has 0 aliphatic heterocycles. The highest BCUT2D eigenvalue weighted by atomic mass is 35.5. The molecule has 0 aliphatic carbocycles. The predicted molar refractivity (Wildman–Crippen MR) is 79.7 cm³/mol. The second kappa shape index (κ2) is 6.58. The number of nitrogens with zero attached hydrogens (tertiary/aromatic N) is 2. The number of anilines is 2. The van der Waals surface area contributed by atoms with Crippen LogP contribution in [0.4, 0.5) is 11.6 Å². The summed E-state index contributed by atoms with van der Waals surface area (Å²) in [6, 6.07) is 1.54. The molecule has 6 nitrogen and oxygen atoms in total. The van der Waals surface area contributed by atoms with Gasteiger partial charge in [-0.25, -0.2) is 10.8 Å². The number of hydrogen-bond acceptors (Lipinski definition) is 6. The van der Waals surface area contributed by atoms with Crippen molar-refractivity contribution in [3.63, 3.8) is 0 Å². The van der Waals surface area contributed by atoms with Crippen LogP contribution < -0.4 is 16.6 Å². The quantitative estimate of drug-likeness (QED) is 0.469. The summed E-state index contributed by atoms with van der Waals surface area (Å²) in [6.45, 7) is 2.53. The van der Waals surface area contributed by atoms with Gasteiger partial charge in [0.1, 0.15) is 5.82 Å². The van der Waals surface area contributed by atoms with Gasteiger partial charge >= 0.3 is 0 Å². The van der Waals surface area contributed by atoms with Crippen molar-refractivity contribution in [2.75, 3.05) is 37.9 Å². The number of aliphatic hydroxyl groups is 1. The van der Waals surface area contributed by atoms with Crippen molar-refractivity contribution in [3.8, 4) is 0 Å². The molecule has 1 atom stereocenters. The summed E-state index contributed by atoms with van der Waals surface area (Å²) in [5, 5.41) is 13.9. The highest BCUT2D eigenvalue weighted by Crippen LogP contribution is 2.28. The van der Waals surface area contributed by atoms with Crippen molar-refractivity contribution in [2.45, 2.75) is 12.5 Å². The largest absolute Gasteiger partial charge is 0.387 e. The van der Waals surface area contributed by atoms with Crippen LogP contribution in [0.2, 0.25) is 10.0 Å². The summed E-state index contributed by atoms with van der Waals surface area (Å²) in [5.74, 6) is 6.03. The average molecular weight is 308 g/mol. The normalized spacial score (nSPS) is 14.3. The number of pyridine rings is 1. The van der Waals surface area contributed by atoms with Gasteiger partial charge in [-0.15, -0.1) is 0 Å². The maximum absolute atomic E-state index is 10.2. The van der Waals surface area contributed by atoms with E-state index in [0.717, 1.165) is 0 Å². The maximum Gasteiger partial charge on any atom is 0.161 e. The Morgan fingerprint density at radius 2 is 1.95 bits per heavy atom. The van der Waals surface area contributed by atoms with E-state index in [1.807, 2.05) is 19.0 Å². The fraction of sp³-hybridized carbons (Fsp3) is 0.545. The molecule has 19 heavy (non-hydrogen) atoms. The molecule has 0 saturated carbocycles. The Morgan fingerprint density at radius 3 is 2.47 bits per heavy atom. The van der Waals surface area contributed by atoms with Gasteiger partial charge in [0, 0.05) is 13.1 Å². The minimum absolute atomic E-state index is 0.295. The number of halogens is 2. The van der Waals surface area contributed by atoms with E-state index < -0.39 is 5.60 Å². The topological polar surface area (TPSA) is 86.4 Å². The van der Waals surface area contributed by atoms with E-state index in [1.165, 1.54) is 6.07 Å². The molecule has 0 amide bonds. The molecule has 0 saturated heterocycles. The Morgan fingerprint density at radius 1 is 1.37 bits per heavy atom. The fourth-order valence-electron chi connectivity index (χ4n) is 1.70. The van der Waals surface area contributed by atoms with E-state index in [1.54, 1.807) is 6.92 Å². The Kier molecular flexibility index (Phi) is 5.64. The summed E-state index contributed by atoms with van der Waals surface area (Å²) in [7, 11) is 3.77. The van der Waals surface area contributed by atoms with Crippen LogP contribution in [0.5, 0.6) is 0 Å². The van der Waals surface area contributed by atoms with Gasteiger partial charge in [0.25, 0.3) is 0 Å². The third-order valence-corrected chi connectivity index (χ3v) is 2.94. The van der Waals surface area contributed by atoms with Crippen LogP contribution in [0.1, 0.15) is 6.92 Å². The van der Waals surface area contributed by atoms with Crippen molar-refractivity contribution in [1.82, 2.24) is 9.88 Å². The molecular weight excluding hydrogens is 289 g/mol. The second-order valence-corrected chi connectivity index (χ2v) is 5.70. The number of hydrogen-bond donors (Lipinski definition) is 4. The van der Waals surface area contributed by atoms with Crippen LogP contribution in [0, 0.1) is 0 Å². The average Bonchev–Trinajstić information content (AvgIpc) is 2.26. The van der Waals surface area contributed by atoms with Crippen LogP contribution in [0.3, 0.4) is 0 Å². The van der Waals surface area contributed by atoms with Crippen molar-refractivity contribution in [1.29, 1.82) is 0 Å². The van der Waals surface area contributed by atoms with Gasteiger partial charge in [-0.2, -0.15) is 0 Å². The molecule has 8 heteroatoms. The predicted octanol–water partition coefficient (Wildman–Crippen LogP) is 1.40. The van der Waals surface area contributed by atoms with Crippen LogP contribution in [-0.4, -0.2) is 47.8 Å². The van der Waals surface area contributed by atoms with E-state index in [-0.39, 0.29) is 0 Å². The van der Waals surface area contributed by atoms with Crippen LogP contribution in [0.15, 0.2) is 6.07 Å². The SMILES string of the molecule is CN(C)CC(C)(O)CNc1nc(NN)c(Cl)cc1Cl. The first-order valence-corrected chi connectivity index (χ1v) is 6.44. The number of rotatable bonds is 6. The zero-order chi connectivity index (χ0) is 14.6. The molecule has 0 spiro atoms. The lowest BCUT2D eigenvalue weighted by Crippen LogP contribution is -2.43. The highest BCUT2D eigenvalue weighted by Gasteiger charge is 2.22. The van der Waals surface area contributed by atoms with Gasteiger partial charge in [-0.05, 0) is 27.1 Å². The highest BCUT2D eigenvalue weighted by molar-refractivity contribution is 6.37. The molecule has 0 radical (unpaired) electrons. The Hall–Kier alpha value is -0.790. The van der Waals surface area contributed by atoms with E-state index in [0.29, 0.717) is 34.8 Å². The van der Waals surface area contributed by atoms with Gasteiger partial charge in [0.2, 0.25) is 0 Å². The molecule has 1 aromatic heterocycles. The molecule has 0 fully saturated rings. The second-order valence-electron chi connectivity index (χ2n) is 4.88. The lowest BCUT2D eigenvalue weighted by Gasteiger charge is -2.27. The standard InChI is InChI=1S/C11H19Cl2N5O/c1-11(19,6-18(2)3)5-15-9-7(12)4-8(13)10(16-9)17-14/h4,19H,5-6,14H2,1-3H3,(H2,15,16,17). The molecule has 108 valence electrons. The molecule has 0 aliphatic rings. The van der Waals surface area contributed by atoms with Crippen molar-refractivity contribution in [3.05, 3.63) is 16.1 Å². The zero-order valence-electron chi connectivity index (χ0n) is 11.2. The fourth-order valence-corrected chi connectivity index (χ4v) is 2.18. The van der Waals surface area contributed by atoms with Gasteiger partial charge in [0.05, 0.1) is 15.6 Å². The van der Waals surface area contributed by atoms with Gasteiger partial charge in [-0.1, -0.05) is 23.2 Å². The third kappa shape index (κ3) is 5.00. The Balaban J connectivity index is 2.77. The number of nitrogen functional groups attached to an aromatic ring is 1. The summed E-state index contributed by atoms with van der Waals surface area (Å²) >= 11 is 11.9. The molecular formula is C11H19Cl2N5O. The van der Waals surface area contributed by atoms with Crippen LogP contribution in [-0.2, 0) is 0 Å². The molecule has 0 bridgehead atoms. The molecule has 1 aromatic rings. The van der Waals surface area contributed by atoms with Gasteiger partial charge in [0.15, 0.2) is 5.82 Å². The molecule has 1 heterocycles. The smallest absolute Gasteiger partial charge is 0.161 e. The van der Waals surface area contributed by atoms with E-state index in [2.05, 4.69) is 15.7 Å². The molecule has 0 aromatic carbocycles. The van der Waals surface area contributed by atoms with E-state index in [4.69, 9.17) is 29.0 Å². The lowest BCUT2D eigenvalue weighted by molar-refractivity contribution is 0.0459. The summed E-state index contributed by atoms with van der Waals surface area (Å²) in [6.07, 6.45) is 0. The third-order valence-electron chi connectivity index (χ3n) is 2.36.